The van der Waals surface area contributed by atoms with E-state index >= 15 is 0 Å². The molecule has 4 nitrogen and oxygen atoms in total. The number of halogens is 2. The van der Waals surface area contributed by atoms with Crippen LogP contribution in [0.3, 0.4) is 0 Å². The molecule has 1 atom stereocenters. The van der Waals surface area contributed by atoms with Crippen LogP contribution < -0.4 is 14.8 Å². The number of aliphatic hydroxyl groups is 1. The molecule has 0 saturated heterocycles. The zero-order chi connectivity index (χ0) is 18.2. The summed E-state index contributed by atoms with van der Waals surface area (Å²) in [6.07, 6.45) is 0.848. The van der Waals surface area contributed by atoms with Crippen LogP contribution in [0.5, 0.6) is 11.5 Å². The number of aliphatic hydroxyl groups excluding tert-OH is 1. The number of hydrogen-bond acceptors (Lipinski definition) is 4. The minimum Gasteiger partial charge on any atom is -0.493 e. The zero-order valence-corrected chi connectivity index (χ0v) is 15.9. The molecule has 2 aromatic rings. The largest absolute Gasteiger partial charge is 0.493 e. The maximum Gasteiger partial charge on any atom is 0.180 e. The molecule has 2 rings (SSSR count). The molecular weight excluding hydrogens is 361 g/mol. The van der Waals surface area contributed by atoms with E-state index in [2.05, 4.69) is 5.32 Å². The van der Waals surface area contributed by atoms with Crippen molar-refractivity contribution in [2.75, 3.05) is 13.7 Å². The molecule has 0 aliphatic carbocycles. The van der Waals surface area contributed by atoms with Crippen LogP contribution in [0.15, 0.2) is 36.4 Å². The molecule has 6 heteroatoms. The van der Waals surface area contributed by atoms with Gasteiger partial charge in [0, 0.05) is 23.2 Å². The second-order valence-corrected chi connectivity index (χ2v) is 6.47. The van der Waals surface area contributed by atoms with Crippen molar-refractivity contribution in [3.05, 3.63) is 57.6 Å². The van der Waals surface area contributed by atoms with Crippen molar-refractivity contribution in [2.24, 2.45) is 0 Å². The predicted molar refractivity (Wildman–Crippen MR) is 102 cm³/mol. The highest BCUT2D eigenvalue weighted by molar-refractivity contribution is 6.32. The Morgan fingerprint density at radius 2 is 1.92 bits per heavy atom. The molecule has 0 spiro atoms. The van der Waals surface area contributed by atoms with E-state index in [4.69, 9.17) is 32.7 Å². The molecule has 0 heterocycles. The molecule has 2 aromatic carbocycles. The predicted octanol–water partition coefficient (Wildman–Crippen LogP) is 4.44. The molecule has 25 heavy (non-hydrogen) atoms. The Morgan fingerprint density at radius 1 is 1.16 bits per heavy atom. The van der Waals surface area contributed by atoms with Gasteiger partial charge in [-0.3, -0.25) is 0 Å². The van der Waals surface area contributed by atoms with E-state index in [9.17, 15) is 5.11 Å². The Kier molecular flexibility index (Phi) is 7.85. The summed E-state index contributed by atoms with van der Waals surface area (Å²) in [5.74, 6) is 1.05. The van der Waals surface area contributed by atoms with Crippen LogP contribution in [0.1, 0.15) is 24.5 Å². The molecule has 0 aliphatic rings. The van der Waals surface area contributed by atoms with Gasteiger partial charge in [-0.1, -0.05) is 48.3 Å². The van der Waals surface area contributed by atoms with Gasteiger partial charge in [0.05, 0.1) is 18.7 Å². The van der Waals surface area contributed by atoms with Gasteiger partial charge in [-0.25, -0.2) is 0 Å². The second kappa shape index (κ2) is 9.88. The second-order valence-electron chi connectivity index (χ2n) is 5.66. The highest BCUT2D eigenvalue weighted by Gasteiger charge is 2.14. The van der Waals surface area contributed by atoms with Gasteiger partial charge in [-0.2, -0.15) is 0 Å². The van der Waals surface area contributed by atoms with Crippen LogP contribution in [0.4, 0.5) is 0 Å². The zero-order valence-electron chi connectivity index (χ0n) is 14.4. The van der Waals surface area contributed by atoms with Gasteiger partial charge in [-0.05, 0) is 30.2 Å². The van der Waals surface area contributed by atoms with Gasteiger partial charge in [0.2, 0.25) is 0 Å². The first-order valence-electron chi connectivity index (χ1n) is 8.15. The maximum atomic E-state index is 9.26. The summed E-state index contributed by atoms with van der Waals surface area (Å²) in [4.78, 5) is 0. The molecule has 1 unspecified atom stereocenters. The molecule has 0 amide bonds. The minimum absolute atomic E-state index is 0.0564. The molecule has 0 bridgehead atoms. The first-order valence-corrected chi connectivity index (χ1v) is 8.91. The quantitative estimate of drug-likeness (QED) is 0.671. The smallest absolute Gasteiger partial charge is 0.180 e. The molecule has 136 valence electrons. The Balaban J connectivity index is 2.12. The fraction of sp³-hybridized carbons (Fsp3) is 0.368. The van der Waals surface area contributed by atoms with Gasteiger partial charge >= 0.3 is 0 Å². The van der Waals surface area contributed by atoms with E-state index in [1.54, 1.807) is 7.11 Å². The lowest BCUT2D eigenvalue weighted by molar-refractivity contribution is 0.238. The van der Waals surface area contributed by atoms with Crippen molar-refractivity contribution in [3.63, 3.8) is 0 Å². The van der Waals surface area contributed by atoms with Crippen molar-refractivity contribution in [2.45, 2.75) is 32.5 Å². The monoisotopic (exact) mass is 383 g/mol. The van der Waals surface area contributed by atoms with Crippen LogP contribution in [0.2, 0.25) is 10.0 Å². The van der Waals surface area contributed by atoms with E-state index in [-0.39, 0.29) is 12.6 Å². The third kappa shape index (κ3) is 5.51. The average Bonchev–Trinajstić information content (AvgIpc) is 2.62. The molecular formula is C19H23Cl2NO3. The number of rotatable bonds is 9. The number of hydrogen-bond donors (Lipinski definition) is 2. The Hall–Kier alpha value is -1.46. The minimum atomic E-state index is 0.0564. The number of nitrogens with one attached hydrogen (secondary N) is 1. The van der Waals surface area contributed by atoms with Crippen molar-refractivity contribution in [1.29, 1.82) is 0 Å². The van der Waals surface area contributed by atoms with Crippen LogP contribution in [-0.2, 0) is 13.2 Å². The molecule has 2 N–H and O–H groups in total. The molecule has 0 aliphatic heterocycles. The van der Waals surface area contributed by atoms with Crippen molar-refractivity contribution < 1.29 is 14.6 Å². The molecule has 0 fully saturated rings. The van der Waals surface area contributed by atoms with Crippen molar-refractivity contribution in [1.82, 2.24) is 5.32 Å². The van der Waals surface area contributed by atoms with E-state index in [1.165, 1.54) is 0 Å². The normalized spacial score (nSPS) is 12.0. The van der Waals surface area contributed by atoms with Gasteiger partial charge in [0.1, 0.15) is 6.61 Å². The highest BCUT2D eigenvalue weighted by atomic mass is 35.5. The third-order valence-electron chi connectivity index (χ3n) is 3.93. The number of benzene rings is 2. The number of methoxy groups -OCH3 is 1. The van der Waals surface area contributed by atoms with Gasteiger partial charge < -0.3 is 19.9 Å². The standard InChI is InChI=1S/C19H23Cl2NO3/c1-3-15(11-23)22-10-13-8-17(21)19(18(9-13)24-2)25-12-14-6-4-5-7-16(14)20/h4-9,15,22-23H,3,10-12H2,1-2H3. The summed E-state index contributed by atoms with van der Waals surface area (Å²) in [5, 5.41) is 13.7. The Morgan fingerprint density at radius 3 is 2.56 bits per heavy atom. The van der Waals surface area contributed by atoms with Crippen molar-refractivity contribution >= 4 is 23.2 Å². The summed E-state index contributed by atoms with van der Waals surface area (Å²) in [6, 6.07) is 11.3. The summed E-state index contributed by atoms with van der Waals surface area (Å²) in [5.41, 5.74) is 1.83. The van der Waals surface area contributed by atoms with E-state index in [0.29, 0.717) is 34.7 Å². The molecule has 0 radical (unpaired) electrons. The topological polar surface area (TPSA) is 50.7 Å². The van der Waals surface area contributed by atoms with Gasteiger partial charge in [0.15, 0.2) is 11.5 Å². The SMILES string of the molecule is CCC(CO)NCc1cc(Cl)c(OCc2ccccc2Cl)c(OC)c1. The molecule has 0 saturated carbocycles. The summed E-state index contributed by atoms with van der Waals surface area (Å²) < 4.78 is 11.3. The fourth-order valence-corrected chi connectivity index (χ4v) is 2.86. The van der Waals surface area contributed by atoms with Crippen molar-refractivity contribution in [3.8, 4) is 11.5 Å². The van der Waals surface area contributed by atoms with E-state index < -0.39 is 0 Å². The maximum absolute atomic E-state index is 9.26. The van der Waals surface area contributed by atoms with Gasteiger partial charge in [0.25, 0.3) is 0 Å². The summed E-state index contributed by atoms with van der Waals surface area (Å²) in [6.45, 7) is 3.00. The first-order chi connectivity index (χ1) is 12.1. The number of ether oxygens (including phenoxy) is 2. The third-order valence-corrected chi connectivity index (χ3v) is 4.58. The van der Waals surface area contributed by atoms with Crippen LogP contribution >= 0.6 is 23.2 Å². The Labute approximate surface area is 158 Å². The van der Waals surface area contributed by atoms with Crippen LogP contribution in [0, 0.1) is 0 Å². The summed E-state index contributed by atoms with van der Waals surface area (Å²) >= 11 is 12.5. The Bertz CT molecular complexity index is 690. The lowest BCUT2D eigenvalue weighted by atomic mass is 10.1. The van der Waals surface area contributed by atoms with E-state index in [1.807, 2.05) is 43.3 Å². The fourth-order valence-electron chi connectivity index (χ4n) is 2.38. The average molecular weight is 384 g/mol. The lowest BCUT2D eigenvalue weighted by Gasteiger charge is -2.17. The van der Waals surface area contributed by atoms with E-state index in [0.717, 1.165) is 17.5 Å². The van der Waals surface area contributed by atoms with Gasteiger partial charge in [-0.15, -0.1) is 0 Å². The van der Waals surface area contributed by atoms with Crippen LogP contribution in [0.25, 0.3) is 0 Å². The lowest BCUT2D eigenvalue weighted by Crippen LogP contribution is -2.31. The first kappa shape index (κ1) is 19.9. The highest BCUT2D eigenvalue weighted by Crippen LogP contribution is 2.37. The molecule has 0 aromatic heterocycles. The summed E-state index contributed by atoms with van der Waals surface area (Å²) in [7, 11) is 1.58. The van der Waals surface area contributed by atoms with Crippen LogP contribution in [-0.4, -0.2) is 24.9 Å².